The quantitative estimate of drug-likeness (QED) is 0.619. The number of halogens is 1. The summed E-state index contributed by atoms with van der Waals surface area (Å²) in [7, 11) is 0. The number of nitrogens with zero attached hydrogens (tertiary/aromatic N) is 4. The Bertz CT molecular complexity index is 843. The Morgan fingerprint density at radius 3 is 2.45 bits per heavy atom. The van der Waals surface area contributed by atoms with Gasteiger partial charge in [-0.1, -0.05) is 37.7 Å². The van der Waals surface area contributed by atoms with Crippen LogP contribution in [0.2, 0.25) is 0 Å². The van der Waals surface area contributed by atoms with Crippen LogP contribution >= 0.6 is 11.8 Å². The zero-order chi connectivity index (χ0) is 21.1. The Labute approximate surface area is 177 Å². The van der Waals surface area contributed by atoms with E-state index >= 15 is 0 Å². The normalized spacial score (nSPS) is 20.9. The van der Waals surface area contributed by atoms with E-state index < -0.39 is 0 Å². The Kier molecular flexibility index (Phi) is 6.98. The highest BCUT2D eigenvalue weighted by molar-refractivity contribution is 8.00. The van der Waals surface area contributed by atoms with Gasteiger partial charge in [0.25, 0.3) is 0 Å². The average molecular weight is 419 g/mol. The second-order valence-electron chi connectivity index (χ2n) is 8.43. The molecule has 2 heterocycles. The van der Waals surface area contributed by atoms with Crippen LogP contribution in [0.15, 0.2) is 29.4 Å². The van der Waals surface area contributed by atoms with Crippen molar-refractivity contribution in [2.45, 2.75) is 82.9 Å². The number of aromatic nitrogens is 3. The number of carbonyl (C=O) groups excluding carboxylic acids is 1. The number of carbonyl (C=O) groups is 1. The molecule has 1 fully saturated rings. The average Bonchev–Trinajstić information content (AvgIpc) is 3.03. The van der Waals surface area contributed by atoms with Crippen molar-refractivity contribution in [1.29, 1.82) is 0 Å². The highest BCUT2D eigenvalue weighted by atomic mass is 32.2. The van der Waals surface area contributed by atoms with Gasteiger partial charge in [-0.3, -0.25) is 4.79 Å². The van der Waals surface area contributed by atoms with Crippen LogP contribution in [0, 0.1) is 11.7 Å². The largest absolute Gasteiger partial charge is 0.336 e. The zero-order valence-corrected chi connectivity index (χ0v) is 18.7. The van der Waals surface area contributed by atoms with Crippen molar-refractivity contribution in [1.82, 2.24) is 19.7 Å². The molecule has 0 radical (unpaired) electrons. The van der Waals surface area contributed by atoms with Crippen molar-refractivity contribution in [2.24, 2.45) is 5.92 Å². The van der Waals surface area contributed by atoms with Crippen LogP contribution < -0.4 is 0 Å². The minimum Gasteiger partial charge on any atom is -0.336 e. The number of likely N-dealkylation sites (tertiary alicyclic amines) is 1. The second-order valence-corrected chi connectivity index (χ2v) is 9.73. The van der Waals surface area contributed by atoms with E-state index in [1.54, 1.807) is 18.2 Å². The number of rotatable bonds is 6. The van der Waals surface area contributed by atoms with E-state index in [0.717, 1.165) is 12.8 Å². The lowest BCUT2D eigenvalue weighted by atomic mass is 9.97. The molecule has 29 heavy (non-hydrogen) atoms. The van der Waals surface area contributed by atoms with Gasteiger partial charge >= 0.3 is 0 Å². The van der Waals surface area contributed by atoms with E-state index in [-0.39, 0.29) is 29.1 Å². The maximum Gasteiger partial charge on any atom is 0.236 e. The summed E-state index contributed by atoms with van der Waals surface area (Å²) in [5, 5.41) is 9.00. The van der Waals surface area contributed by atoms with Gasteiger partial charge in [0, 0.05) is 18.6 Å². The predicted octanol–water partition coefficient (Wildman–Crippen LogP) is 5.01. The lowest BCUT2D eigenvalue weighted by Gasteiger charge is -2.40. The minimum absolute atomic E-state index is 0.140. The summed E-state index contributed by atoms with van der Waals surface area (Å²) in [6, 6.07) is 7.14. The molecular formula is C22H31FN4OS. The molecule has 5 nitrogen and oxygen atoms in total. The van der Waals surface area contributed by atoms with Crippen LogP contribution in [0.25, 0.3) is 11.4 Å². The highest BCUT2D eigenvalue weighted by Gasteiger charge is 2.33. The molecule has 3 rings (SSSR count). The van der Waals surface area contributed by atoms with Gasteiger partial charge in [0.05, 0.1) is 10.8 Å². The molecule has 1 saturated heterocycles. The number of benzene rings is 1. The first-order valence-corrected chi connectivity index (χ1v) is 11.3. The molecule has 2 aromatic rings. The van der Waals surface area contributed by atoms with E-state index in [1.165, 1.54) is 24.2 Å². The molecule has 0 unspecified atom stereocenters. The molecule has 1 aliphatic heterocycles. The van der Waals surface area contributed by atoms with Gasteiger partial charge in [-0.25, -0.2) is 4.39 Å². The lowest BCUT2D eigenvalue weighted by Crippen LogP contribution is -2.50. The van der Waals surface area contributed by atoms with Gasteiger partial charge < -0.3 is 9.47 Å². The smallest absolute Gasteiger partial charge is 0.236 e. The fourth-order valence-electron chi connectivity index (χ4n) is 4.02. The first-order valence-electron chi connectivity index (χ1n) is 10.5. The fourth-order valence-corrected chi connectivity index (χ4v) is 4.94. The van der Waals surface area contributed by atoms with Gasteiger partial charge in [-0.05, 0) is 58.1 Å². The first kappa shape index (κ1) is 21.8. The van der Waals surface area contributed by atoms with Crippen LogP contribution in [-0.4, -0.2) is 42.9 Å². The van der Waals surface area contributed by atoms with Crippen molar-refractivity contribution in [3.05, 3.63) is 30.1 Å². The topological polar surface area (TPSA) is 51.0 Å². The van der Waals surface area contributed by atoms with E-state index in [4.69, 9.17) is 0 Å². The number of piperidine rings is 1. The third kappa shape index (κ3) is 4.82. The van der Waals surface area contributed by atoms with E-state index in [0.29, 0.717) is 29.0 Å². The molecule has 7 heteroatoms. The van der Waals surface area contributed by atoms with Crippen molar-refractivity contribution in [2.75, 3.05) is 0 Å². The van der Waals surface area contributed by atoms with Crippen LogP contribution in [0.4, 0.5) is 4.39 Å². The van der Waals surface area contributed by atoms with Crippen LogP contribution in [0.3, 0.4) is 0 Å². The zero-order valence-electron chi connectivity index (χ0n) is 17.9. The molecule has 0 N–H and O–H groups in total. The van der Waals surface area contributed by atoms with Crippen LogP contribution in [0.5, 0.6) is 0 Å². The SMILES string of the molecule is CC(C)Cn1c(S[C@H](C)C(=O)N2[C@H](C)CCC[C@@H]2C)nnc1-c1ccccc1F. The van der Waals surface area contributed by atoms with Crippen LogP contribution in [0.1, 0.15) is 53.9 Å². The Morgan fingerprint density at radius 1 is 1.17 bits per heavy atom. The Hall–Kier alpha value is -1.89. The number of hydrogen-bond donors (Lipinski definition) is 0. The van der Waals surface area contributed by atoms with E-state index in [1.807, 2.05) is 16.4 Å². The molecule has 158 valence electrons. The van der Waals surface area contributed by atoms with Gasteiger partial charge in [-0.2, -0.15) is 0 Å². The molecule has 1 aromatic carbocycles. The van der Waals surface area contributed by atoms with Gasteiger partial charge in [0.15, 0.2) is 11.0 Å². The van der Waals surface area contributed by atoms with Gasteiger partial charge in [-0.15, -0.1) is 10.2 Å². The summed E-state index contributed by atoms with van der Waals surface area (Å²) in [5.74, 6) is 0.672. The van der Waals surface area contributed by atoms with E-state index in [2.05, 4.69) is 37.9 Å². The summed E-state index contributed by atoms with van der Waals surface area (Å²) < 4.78 is 16.3. The lowest BCUT2D eigenvalue weighted by molar-refractivity contribution is -0.136. The number of hydrogen-bond acceptors (Lipinski definition) is 4. The molecule has 0 bridgehead atoms. The van der Waals surface area contributed by atoms with Gasteiger partial charge in [0.2, 0.25) is 5.91 Å². The summed E-state index contributed by atoms with van der Waals surface area (Å²) >= 11 is 1.42. The Morgan fingerprint density at radius 2 is 1.83 bits per heavy atom. The number of thioether (sulfide) groups is 1. The summed E-state index contributed by atoms with van der Waals surface area (Å²) in [4.78, 5) is 15.2. The van der Waals surface area contributed by atoms with Crippen molar-refractivity contribution < 1.29 is 9.18 Å². The van der Waals surface area contributed by atoms with Gasteiger partial charge in [0.1, 0.15) is 5.82 Å². The third-order valence-corrected chi connectivity index (χ3v) is 6.53. The standard InChI is InChI=1S/C22H31FN4OS/c1-14(2)13-26-20(18-11-6-7-12-19(18)23)24-25-22(26)29-17(5)21(28)27-15(3)9-8-10-16(27)4/h6-7,11-12,14-17H,8-10,13H2,1-5H3/t15-,16+,17-/m1/s1. The monoisotopic (exact) mass is 418 g/mol. The van der Waals surface area contributed by atoms with Crippen molar-refractivity contribution in [3.63, 3.8) is 0 Å². The molecule has 3 atom stereocenters. The molecule has 0 spiro atoms. The fraction of sp³-hybridized carbons (Fsp3) is 0.591. The second kappa shape index (κ2) is 9.28. The highest BCUT2D eigenvalue weighted by Crippen LogP contribution is 2.31. The summed E-state index contributed by atoms with van der Waals surface area (Å²) in [6.07, 6.45) is 3.27. The molecule has 1 aromatic heterocycles. The number of amides is 1. The predicted molar refractivity (Wildman–Crippen MR) is 115 cm³/mol. The Balaban J connectivity index is 1.86. The maximum atomic E-state index is 14.4. The summed E-state index contributed by atoms with van der Waals surface area (Å²) in [5.41, 5.74) is 0.435. The van der Waals surface area contributed by atoms with Crippen LogP contribution in [-0.2, 0) is 11.3 Å². The van der Waals surface area contributed by atoms with Crippen molar-refractivity contribution in [3.8, 4) is 11.4 Å². The molecular weight excluding hydrogens is 387 g/mol. The third-order valence-electron chi connectivity index (χ3n) is 5.46. The minimum atomic E-state index is -0.318. The summed E-state index contributed by atoms with van der Waals surface area (Å²) in [6.45, 7) is 11.1. The van der Waals surface area contributed by atoms with Crippen molar-refractivity contribution >= 4 is 17.7 Å². The maximum absolute atomic E-state index is 14.4. The molecule has 1 amide bonds. The first-order chi connectivity index (χ1) is 13.8. The van der Waals surface area contributed by atoms with E-state index in [9.17, 15) is 9.18 Å². The molecule has 0 saturated carbocycles. The molecule has 0 aliphatic carbocycles. The molecule has 1 aliphatic rings.